The van der Waals surface area contributed by atoms with E-state index in [2.05, 4.69) is 9.19 Å². The van der Waals surface area contributed by atoms with Crippen molar-refractivity contribution in [1.82, 2.24) is 0 Å². The first kappa shape index (κ1) is 23.5. The normalized spacial score (nSPS) is 12.2. The van der Waals surface area contributed by atoms with Crippen LogP contribution in [-0.4, -0.2) is 45.6 Å². The third kappa shape index (κ3) is 8.87. The first-order chi connectivity index (χ1) is 13.1. The van der Waals surface area contributed by atoms with Gasteiger partial charge in [-0.3, -0.25) is 4.79 Å². The molecule has 1 atom stereocenters. The van der Waals surface area contributed by atoms with Crippen molar-refractivity contribution in [3.05, 3.63) is 54.1 Å². The number of phenols is 1. The number of carbonyl (C=O) groups is 2. The molecule has 0 saturated heterocycles. The number of aliphatic carboxylic acids is 1. The molecule has 5 N–H and O–H groups in total. The number of aromatic hydroxyl groups is 1. The summed E-state index contributed by atoms with van der Waals surface area (Å²) in [6, 6.07) is 12.5. The molecular weight excluding hydrogens is 433 g/mol. The number of phenolic OH excluding ortho intramolecular Hbond substituents is 1. The van der Waals surface area contributed by atoms with E-state index < -0.39 is 20.1 Å². The summed E-state index contributed by atoms with van der Waals surface area (Å²) in [4.78, 5) is 20.9. The molecule has 1 unspecified atom stereocenters. The van der Waals surface area contributed by atoms with Gasteiger partial charge in [0.1, 0.15) is 5.75 Å². The van der Waals surface area contributed by atoms with Gasteiger partial charge in [-0.25, -0.2) is 0 Å². The molecule has 2 aromatic rings. The van der Waals surface area contributed by atoms with Gasteiger partial charge in [0.25, 0.3) is 0 Å². The summed E-state index contributed by atoms with van der Waals surface area (Å²) in [6.07, 6.45) is 1.48. The van der Waals surface area contributed by atoms with Gasteiger partial charge in [0, 0.05) is 6.42 Å². The van der Waals surface area contributed by atoms with E-state index in [0.29, 0.717) is 18.5 Å². The minimum atomic E-state index is -4.83. The van der Waals surface area contributed by atoms with E-state index in [-0.39, 0.29) is 22.4 Å². The van der Waals surface area contributed by atoms with E-state index in [1.54, 1.807) is 24.3 Å². The minimum absolute atomic E-state index is 0.0399. The molecule has 152 valence electrons. The Kier molecular flexibility index (Phi) is 9.47. The molecule has 0 bridgehead atoms. The van der Waals surface area contributed by atoms with Crippen LogP contribution in [0.15, 0.2) is 48.5 Å². The van der Waals surface area contributed by atoms with Crippen molar-refractivity contribution < 1.29 is 36.8 Å². The maximum absolute atomic E-state index is 11.3. The van der Waals surface area contributed by atoms with Crippen LogP contribution in [-0.2, 0) is 23.6 Å². The van der Waals surface area contributed by atoms with Crippen LogP contribution < -0.4 is 9.67 Å². The van der Waals surface area contributed by atoms with E-state index in [1.807, 2.05) is 6.07 Å². The Balaban J connectivity index is 0.000000283. The summed E-state index contributed by atoms with van der Waals surface area (Å²) in [5.41, 5.74) is 1.34. The van der Waals surface area contributed by atoms with Gasteiger partial charge in [0.2, 0.25) is 0 Å². The molecule has 28 heavy (non-hydrogen) atoms. The number of carbonyl (C=O) groups excluding carboxylic acids is 1. The summed E-state index contributed by atoms with van der Waals surface area (Å²) in [7, 11) is 0. The third-order valence-electron chi connectivity index (χ3n) is 3.37. The molecule has 0 fully saturated rings. The summed E-state index contributed by atoms with van der Waals surface area (Å²) in [5.74, 6) is -0.842. The van der Waals surface area contributed by atoms with Crippen LogP contribution in [0.1, 0.15) is 25.3 Å². The Labute approximate surface area is 164 Å². The van der Waals surface area contributed by atoms with Gasteiger partial charge in [-0.2, -0.15) is 0 Å². The fourth-order valence-corrected chi connectivity index (χ4v) is 3.57. The number of rotatable bonds is 7. The van der Waals surface area contributed by atoms with Crippen molar-refractivity contribution in [2.45, 2.75) is 26.2 Å². The molecule has 2 aromatic carbocycles. The van der Waals surface area contributed by atoms with Gasteiger partial charge in [0.05, 0.1) is 0 Å². The first-order valence-corrected chi connectivity index (χ1v) is 11.5. The molecule has 2 rings (SSSR count). The van der Waals surface area contributed by atoms with Gasteiger partial charge in [0.15, 0.2) is 0 Å². The maximum atomic E-state index is 11.3. The summed E-state index contributed by atoms with van der Waals surface area (Å²) >= 11 is -4.83. The number of benzene rings is 2. The van der Waals surface area contributed by atoms with Crippen molar-refractivity contribution in [1.29, 1.82) is 0 Å². The standard InChI is InChI=1S/C10H12O3.C8H10AsNO5/c11-9-5-1-3-8(7-9)4-2-6-10(12)13;1-6(11)10-8-4-2-3-7(5-8)9(12,13)15-14/h1,3,5,7,11H,2,4,6H2,(H,12,13);2-5,14H,1H3,(H,10,11)(H,12,13). The molecular formula is C18H22AsNO8. The smallest absolute Gasteiger partial charge is 0.303 e. The molecule has 0 spiro atoms. The topological polar surface area (TPSA) is 153 Å². The summed E-state index contributed by atoms with van der Waals surface area (Å²) in [5, 5.41) is 28.2. The Morgan fingerprint density at radius 3 is 2.39 bits per heavy atom. The van der Waals surface area contributed by atoms with Crippen LogP contribution in [0, 0.1) is 0 Å². The molecule has 0 radical (unpaired) electrons. The molecule has 0 aliphatic carbocycles. The molecule has 9 nitrogen and oxygen atoms in total. The summed E-state index contributed by atoms with van der Waals surface area (Å²) in [6.45, 7) is 1.32. The zero-order valence-corrected chi connectivity index (χ0v) is 17.0. The Morgan fingerprint density at radius 1 is 1.14 bits per heavy atom. The van der Waals surface area contributed by atoms with Crippen molar-refractivity contribution in [2.75, 3.05) is 5.32 Å². The molecule has 10 heteroatoms. The molecule has 0 aliphatic heterocycles. The van der Waals surface area contributed by atoms with Crippen LogP contribution in [0.3, 0.4) is 0 Å². The number of amides is 1. The largest absolute Gasteiger partial charge is 0.508 e. The van der Waals surface area contributed by atoms with Crippen LogP contribution >= 0.6 is 0 Å². The second-order valence-corrected chi connectivity index (χ2v) is 9.36. The quantitative estimate of drug-likeness (QED) is 0.239. The first-order valence-electron chi connectivity index (χ1n) is 8.18. The third-order valence-corrected chi connectivity index (χ3v) is 5.79. The predicted octanol–water partition coefficient (Wildman–Crippen LogP) is 1.50. The van der Waals surface area contributed by atoms with Gasteiger partial charge in [-0.15, -0.1) is 0 Å². The van der Waals surface area contributed by atoms with Crippen molar-refractivity contribution in [3.63, 3.8) is 0 Å². The minimum Gasteiger partial charge on any atom is -0.508 e. The SMILES string of the molecule is CC(=O)Nc1cccc([As](=O)(O)OO)c1.O=C(O)CCCc1cccc(O)c1. The number of hydrogen-bond donors (Lipinski definition) is 5. The zero-order chi connectivity index (χ0) is 21.2. The Bertz CT molecular complexity index is 855. The number of hydrogen-bond acceptors (Lipinski definition) is 6. The van der Waals surface area contributed by atoms with Crippen LogP contribution in [0.5, 0.6) is 5.75 Å². The second-order valence-electron chi connectivity index (χ2n) is 5.75. The Morgan fingerprint density at radius 2 is 1.82 bits per heavy atom. The van der Waals surface area contributed by atoms with Crippen LogP contribution in [0.4, 0.5) is 5.69 Å². The zero-order valence-electron chi connectivity index (χ0n) is 15.1. The van der Waals surface area contributed by atoms with E-state index in [1.165, 1.54) is 25.1 Å². The number of carboxylic acid groups (broad SMARTS) is 1. The molecule has 0 saturated carbocycles. The van der Waals surface area contributed by atoms with Crippen molar-refractivity contribution >= 4 is 36.1 Å². The molecule has 0 aromatic heterocycles. The van der Waals surface area contributed by atoms with Gasteiger partial charge in [-0.05, 0) is 30.5 Å². The van der Waals surface area contributed by atoms with Gasteiger partial charge < -0.3 is 10.2 Å². The molecule has 1 amide bonds. The Hall–Kier alpha value is -2.58. The van der Waals surface area contributed by atoms with E-state index >= 15 is 0 Å². The fraction of sp³-hybridized carbons (Fsp3) is 0.222. The van der Waals surface area contributed by atoms with Crippen LogP contribution in [0.2, 0.25) is 0 Å². The number of anilines is 1. The van der Waals surface area contributed by atoms with E-state index in [0.717, 1.165) is 5.56 Å². The summed E-state index contributed by atoms with van der Waals surface area (Å²) < 4.78 is 23.9. The average Bonchev–Trinajstić information content (AvgIpc) is 2.62. The van der Waals surface area contributed by atoms with Crippen molar-refractivity contribution in [2.24, 2.45) is 0 Å². The van der Waals surface area contributed by atoms with Crippen LogP contribution in [0.25, 0.3) is 0 Å². The predicted molar refractivity (Wildman–Crippen MR) is 101 cm³/mol. The van der Waals surface area contributed by atoms with Gasteiger partial charge >= 0.3 is 94.4 Å². The van der Waals surface area contributed by atoms with E-state index in [4.69, 9.17) is 15.5 Å². The van der Waals surface area contributed by atoms with Crippen molar-refractivity contribution in [3.8, 4) is 5.75 Å². The maximum Gasteiger partial charge on any atom is 0.303 e. The molecule has 0 heterocycles. The average molecular weight is 455 g/mol. The monoisotopic (exact) mass is 455 g/mol. The molecule has 0 aliphatic rings. The fourth-order valence-electron chi connectivity index (χ4n) is 2.17. The van der Waals surface area contributed by atoms with E-state index in [9.17, 15) is 17.4 Å². The number of aryl methyl sites for hydroxylation is 1. The number of nitrogens with one attached hydrogen (secondary N) is 1. The number of carboxylic acids is 1. The second kappa shape index (κ2) is 11.3. The van der Waals surface area contributed by atoms with Gasteiger partial charge in [-0.1, -0.05) is 12.1 Å².